The van der Waals surface area contributed by atoms with Crippen molar-refractivity contribution in [1.29, 1.82) is 0 Å². The van der Waals surface area contributed by atoms with Crippen LogP contribution in [0.4, 0.5) is 0 Å². The zero-order valence-electron chi connectivity index (χ0n) is 9.79. The Hall–Kier alpha value is -1.21. The highest BCUT2D eigenvalue weighted by atomic mass is 32.2. The molecule has 0 bridgehead atoms. The zero-order valence-corrected chi connectivity index (χ0v) is 10.6. The molecule has 0 fully saturated rings. The second-order valence-electron chi connectivity index (χ2n) is 4.00. The first-order valence-corrected chi connectivity index (χ1v) is 6.94. The number of hydrogen-bond acceptors (Lipinski definition) is 6. The molecular formula is C10H16N2O4S. The van der Waals surface area contributed by atoms with Gasteiger partial charge in [-0.1, -0.05) is 13.8 Å². The third kappa shape index (κ3) is 3.37. The van der Waals surface area contributed by atoms with Crippen LogP contribution >= 0.6 is 0 Å². The molecule has 0 aliphatic rings. The molecule has 1 aromatic heterocycles. The van der Waals surface area contributed by atoms with Gasteiger partial charge in [-0.25, -0.2) is 8.42 Å². The van der Waals surface area contributed by atoms with Gasteiger partial charge in [-0.05, 0) is 6.42 Å². The van der Waals surface area contributed by atoms with Crippen LogP contribution in [0.5, 0.6) is 5.75 Å². The standard InChI is InChI=1S/C10H16N2O4S/c1-7(2)10-8(14)6-9(11-12-10)17(15,16)5-3-4-13/h6-7,13H,3-5H2,1-2H3,(H,11,14). The molecule has 0 spiro atoms. The maximum absolute atomic E-state index is 11.7. The molecule has 96 valence electrons. The van der Waals surface area contributed by atoms with E-state index < -0.39 is 9.84 Å². The lowest BCUT2D eigenvalue weighted by molar-refractivity contribution is 0.295. The molecule has 7 heteroatoms. The van der Waals surface area contributed by atoms with Crippen LogP contribution in [0.2, 0.25) is 0 Å². The largest absolute Gasteiger partial charge is 0.506 e. The third-order valence-electron chi connectivity index (χ3n) is 2.22. The number of aromatic nitrogens is 2. The van der Waals surface area contributed by atoms with Crippen molar-refractivity contribution < 1.29 is 18.6 Å². The average molecular weight is 260 g/mol. The van der Waals surface area contributed by atoms with E-state index in [4.69, 9.17) is 5.11 Å². The molecule has 0 aliphatic carbocycles. The number of aliphatic hydroxyl groups is 1. The van der Waals surface area contributed by atoms with Crippen LogP contribution in [0.3, 0.4) is 0 Å². The van der Waals surface area contributed by atoms with Crippen LogP contribution in [0.1, 0.15) is 31.9 Å². The summed E-state index contributed by atoms with van der Waals surface area (Å²) < 4.78 is 23.4. The van der Waals surface area contributed by atoms with E-state index in [1.165, 1.54) is 0 Å². The van der Waals surface area contributed by atoms with Gasteiger partial charge in [0.25, 0.3) is 0 Å². The molecule has 0 radical (unpaired) electrons. The second-order valence-corrected chi connectivity index (χ2v) is 6.06. The van der Waals surface area contributed by atoms with Gasteiger partial charge in [0, 0.05) is 18.6 Å². The van der Waals surface area contributed by atoms with Gasteiger partial charge in [0.05, 0.1) is 5.75 Å². The maximum Gasteiger partial charge on any atom is 0.197 e. The maximum atomic E-state index is 11.7. The van der Waals surface area contributed by atoms with Gasteiger partial charge in [0.2, 0.25) is 0 Å². The second kappa shape index (κ2) is 5.42. The average Bonchev–Trinajstić information content (AvgIpc) is 2.25. The highest BCUT2D eigenvalue weighted by Crippen LogP contribution is 2.24. The Morgan fingerprint density at radius 1 is 1.35 bits per heavy atom. The Bertz CT molecular complexity index is 485. The molecule has 1 heterocycles. The minimum absolute atomic E-state index is 0.0308. The Morgan fingerprint density at radius 2 is 2.00 bits per heavy atom. The fourth-order valence-corrected chi connectivity index (χ4v) is 2.47. The number of hydrogen-bond donors (Lipinski definition) is 2. The van der Waals surface area contributed by atoms with Crippen LogP contribution < -0.4 is 0 Å². The summed E-state index contributed by atoms with van der Waals surface area (Å²) >= 11 is 0. The molecule has 17 heavy (non-hydrogen) atoms. The lowest BCUT2D eigenvalue weighted by Crippen LogP contribution is -2.11. The highest BCUT2D eigenvalue weighted by molar-refractivity contribution is 7.91. The van der Waals surface area contributed by atoms with Crippen molar-refractivity contribution in [2.75, 3.05) is 12.4 Å². The first-order chi connectivity index (χ1) is 7.88. The number of nitrogens with zero attached hydrogens (tertiary/aromatic N) is 2. The Labute approximate surface area is 100 Å². The van der Waals surface area contributed by atoms with E-state index in [1.807, 2.05) is 13.8 Å². The summed E-state index contributed by atoms with van der Waals surface area (Å²) in [5, 5.41) is 25.3. The molecule has 0 amide bonds. The number of sulfone groups is 1. The number of rotatable bonds is 5. The first-order valence-electron chi connectivity index (χ1n) is 5.28. The van der Waals surface area contributed by atoms with E-state index in [9.17, 15) is 13.5 Å². The Kier molecular flexibility index (Phi) is 4.41. The summed E-state index contributed by atoms with van der Waals surface area (Å²) in [5.41, 5.74) is 0.367. The van der Waals surface area contributed by atoms with E-state index in [1.54, 1.807) is 0 Å². The molecular weight excluding hydrogens is 244 g/mol. The van der Waals surface area contributed by atoms with Gasteiger partial charge in [0.15, 0.2) is 14.9 Å². The fraction of sp³-hybridized carbons (Fsp3) is 0.600. The fourth-order valence-electron chi connectivity index (χ4n) is 1.30. The molecule has 0 unspecified atom stereocenters. The van der Waals surface area contributed by atoms with Crippen LogP contribution in [-0.4, -0.2) is 41.2 Å². The first kappa shape index (κ1) is 13.9. The zero-order chi connectivity index (χ0) is 13.1. The van der Waals surface area contributed by atoms with Gasteiger partial charge in [-0.2, -0.15) is 5.10 Å². The Balaban J connectivity index is 3.05. The predicted molar refractivity (Wildman–Crippen MR) is 61.5 cm³/mol. The highest BCUT2D eigenvalue weighted by Gasteiger charge is 2.19. The summed E-state index contributed by atoms with van der Waals surface area (Å²) in [6, 6.07) is 1.11. The van der Waals surface area contributed by atoms with E-state index in [0.717, 1.165) is 6.07 Å². The van der Waals surface area contributed by atoms with Gasteiger partial charge >= 0.3 is 0 Å². The molecule has 0 saturated heterocycles. The van der Waals surface area contributed by atoms with Crippen molar-refractivity contribution in [3.8, 4) is 5.75 Å². The summed E-state index contributed by atoms with van der Waals surface area (Å²) in [7, 11) is -3.58. The van der Waals surface area contributed by atoms with Gasteiger partial charge in [-0.3, -0.25) is 0 Å². The monoisotopic (exact) mass is 260 g/mol. The summed E-state index contributed by atoms with van der Waals surface area (Å²) in [4.78, 5) is 0. The summed E-state index contributed by atoms with van der Waals surface area (Å²) in [6.07, 6.45) is 0.136. The van der Waals surface area contributed by atoms with Crippen molar-refractivity contribution >= 4 is 9.84 Å². The van der Waals surface area contributed by atoms with E-state index in [2.05, 4.69) is 10.2 Å². The quantitative estimate of drug-likeness (QED) is 0.797. The molecule has 0 aliphatic heterocycles. The van der Waals surface area contributed by atoms with Crippen LogP contribution in [0, 0.1) is 0 Å². The summed E-state index contributed by atoms with van der Waals surface area (Å²) in [5.74, 6) is -0.409. The van der Waals surface area contributed by atoms with Crippen molar-refractivity contribution in [2.24, 2.45) is 0 Å². The van der Waals surface area contributed by atoms with E-state index in [0.29, 0.717) is 5.69 Å². The topological polar surface area (TPSA) is 100 Å². The lowest BCUT2D eigenvalue weighted by Gasteiger charge is -2.07. The predicted octanol–water partition coefficient (Wildman–Crippen LogP) is 0.462. The minimum atomic E-state index is -3.58. The normalized spacial score (nSPS) is 12.0. The molecule has 1 aromatic rings. The number of aromatic hydroxyl groups is 1. The van der Waals surface area contributed by atoms with E-state index in [-0.39, 0.29) is 35.5 Å². The molecule has 0 aromatic carbocycles. The minimum Gasteiger partial charge on any atom is -0.506 e. The van der Waals surface area contributed by atoms with Crippen LogP contribution in [0.25, 0.3) is 0 Å². The molecule has 0 saturated carbocycles. The van der Waals surface area contributed by atoms with Gasteiger partial charge < -0.3 is 10.2 Å². The van der Waals surface area contributed by atoms with Gasteiger partial charge in [-0.15, -0.1) is 5.10 Å². The van der Waals surface area contributed by atoms with Crippen molar-refractivity contribution in [3.63, 3.8) is 0 Å². The third-order valence-corrected chi connectivity index (χ3v) is 3.88. The SMILES string of the molecule is CC(C)c1nnc(S(=O)(=O)CCCO)cc1O. The van der Waals surface area contributed by atoms with Crippen LogP contribution in [-0.2, 0) is 9.84 Å². The van der Waals surface area contributed by atoms with E-state index >= 15 is 0 Å². The Morgan fingerprint density at radius 3 is 2.47 bits per heavy atom. The summed E-state index contributed by atoms with van der Waals surface area (Å²) in [6.45, 7) is 3.44. The van der Waals surface area contributed by atoms with Crippen molar-refractivity contribution in [3.05, 3.63) is 11.8 Å². The van der Waals surface area contributed by atoms with Crippen molar-refractivity contribution in [2.45, 2.75) is 31.2 Å². The van der Waals surface area contributed by atoms with Gasteiger partial charge in [0.1, 0.15) is 11.4 Å². The molecule has 0 atom stereocenters. The molecule has 1 rings (SSSR count). The smallest absolute Gasteiger partial charge is 0.197 e. The molecule has 2 N–H and O–H groups in total. The van der Waals surface area contributed by atoms with Crippen molar-refractivity contribution in [1.82, 2.24) is 10.2 Å². The number of aliphatic hydroxyl groups excluding tert-OH is 1. The van der Waals surface area contributed by atoms with Crippen LogP contribution in [0.15, 0.2) is 11.1 Å². The lowest BCUT2D eigenvalue weighted by atomic mass is 10.1. The molecule has 6 nitrogen and oxygen atoms in total.